The molecule has 4 aromatic rings. The zero-order chi connectivity index (χ0) is 20.9. The predicted octanol–water partition coefficient (Wildman–Crippen LogP) is 7.28. The minimum atomic E-state index is -0.436. The van der Waals surface area contributed by atoms with E-state index in [1.54, 1.807) is 24.3 Å². The van der Waals surface area contributed by atoms with Crippen LogP contribution in [0.3, 0.4) is 0 Å². The number of allylic oxidation sites excluding steroid dienone is 1. The van der Waals surface area contributed by atoms with Crippen molar-refractivity contribution in [2.45, 2.75) is 6.61 Å². The molecule has 4 rings (SSSR count). The molecular formula is C26H17ClFNO. The van der Waals surface area contributed by atoms with Gasteiger partial charge in [-0.1, -0.05) is 72.3 Å². The average molecular weight is 414 g/mol. The minimum absolute atomic E-state index is 0.237. The maximum absolute atomic E-state index is 14.3. The van der Waals surface area contributed by atoms with Gasteiger partial charge in [0.05, 0.1) is 11.6 Å². The van der Waals surface area contributed by atoms with Crippen LogP contribution in [0, 0.1) is 17.1 Å². The molecule has 0 radical (unpaired) electrons. The number of hydrogen-bond acceptors (Lipinski definition) is 2. The van der Waals surface area contributed by atoms with Crippen molar-refractivity contribution in [3.8, 4) is 11.8 Å². The lowest BCUT2D eigenvalue weighted by Gasteiger charge is -2.13. The molecule has 0 N–H and O–H groups in total. The van der Waals surface area contributed by atoms with Gasteiger partial charge in [0.2, 0.25) is 0 Å². The number of nitriles is 1. The molecule has 0 aliphatic heterocycles. The first-order chi connectivity index (χ1) is 14.7. The predicted molar refractivity (Wildman–Crippen MR) is 120 cm³/mol. The van der Waals surface area contributed by atoms with Crippen molar-refractivity contribution in [1.82, 2.24) is 0 Å². The Labute approximate surface area is 179 Å². The fourth-order valence-corrected chi connectivity index (χ4v) is 3.41. The van der Waals surface area contributed by atoms with E-state index >= 15 is 0 Å². The summed E-state index contributed by atoms with van der Waals surface area (Å²) in [6, 6.07) is 27.5. The largest absolute Gasteiger partial charge is 0.488 e. The van der Waals surface area contributed by atoms with Crippen LogP contribution in [0.2, 0.25) is 5.02 Å². The molecule has 4 aromatic carbocycles. The van der Waals surface area contributed by atoms with Gasteiger partial charge in [-0.05, 0) is 46.7 Å². The molecule has 0 spiro atoms. The van der Waals surface area contributed by atoms with E-state index in [9.17, 15) is 9.65 Å². The van der Waals surface area contributed by atoms with Crippen LogP contribution >= 0.6 is 11.6 Å². The summed E-state index contributed by atoms with van der Waals surface area (Å²) in [6.45, 7) is 0.345. The normalized spacial score (nSPS) is 11.3. The Balaban J connectivity index is 1.80. The van der Waals surface area contributed by atoms with Gasteiger partial charge in [-0.25, -0.2) is 4.39 Å². The third kappa shape index (κ3) is 4.20. The van der Waals surface area contributed by atoms with Crippen LogP contribution in [0.25, 0.3) is 22.4 Å². The Bertz CT molecular complexity index is 1270. The number of fused-ring (bicyclic) bond motifs is 1. The molecule has 0 aromatic heterocycles. The van der Waals surface area contributed by atoms with Crippen molar-refractivity contribution in [3.05, 3.63) is 112 Å². The molecule has 146 valence electrons. The molecule has 0 heterocycles. The van der Waals surface area contributed by atoms with E-state index in [0.29, 0.717) is 17.4 Å². The average Bonchev–Trinajstić information content (AvgIpc) is 2.78. The third-order valence-corrected chi connectivity index (χ3v) is 5.06. The summed E-state index contributed by atoms with van der Waals surface area (Å²) >= 11 is 5.95. The van der Waals surface area contributed by atoms with Gasteiger partial charge in [0.15, 0.2) is 0 Å². The Kier molecular flexibility index (Phi) is 5.79. The van der Waals surface area contributed by atoms with E-state index in [4.69, 9.17) is 16.3 Å². The number of ether oxygens (including phenoxy) is 1. The lowest BCUT2D eigenvalue weighted by molar-refractivity contribution is 0.306. The summed E-state index contributed by atoms with van der Waals surface area (Å²) in [5.74, 6) is 0.182. The molecule has 0 aliphatic carbocycles. The standard InChI is InChI=1S/C26H17ClFNO/c27-21-12-9-18(10-13-21)17-30-26-14-11-19-5-1-2-6-22(19)24(26)15-20(16-29)23-7-3-4-8-25(23)28/h1-15H,17H2/b20-15-. The summed E-state index contributed by atoms with van der Waals surface area (Å²) in [6.07, 6.45) is 1.69. The number of rotatable bonds is 5. The fourth-order valence-electron chi connectivity index (χ4n) is 3.29. The summed E-state index contributed by atoms with van der Waals surface area (Å²) < 4.78 is 20.4. The highest BCUT2D eigenvalue weighted by atomic mass is 35.5. The van der Waals surface area contributed by atoms with Crippen LogP contribution in [-0.2, 0) is 6.61 Å². The van der Waals surface area contributed by atoms with Gasteiger partial charge in [0.25, 0.3) is 0 Å². The van der Waals surface area contributed by atoms with Crippen LogP contribution in [0.1, 0.15) is 16.7 Å². The highest BCUT2D eigenvalue weighted by molar-refractivity contribution is 6.30. The molecule has 30 heavy (non-hydrogen) atoms. The summed E-state index contributed by atoms with van der Waals surface area (Å²) in [5.41, 5.74) is 2.20. The molecule has 0 bridgehead atoms. The van der Waals surface area contributed by atoms with E-state index in [1.165, 1.54) is 6.07 Å². The first-order valence-corrected chi connectivity index (χ1v) is 9.79. The van der Waals surface area contributed by atoms with E-state index in [2.05, 4.69) is 6.07 Å². The van der Waals surface area contributed by atoms with Crippen LogP contribution in [0.4, 0.5) is 4.39 Å². The van der Waals surface area contributed by atoms with E-state index in [0.717, 1.165) is 21.9 Å². The second-order valence-electron chi connectivity index (χ2n) is 6.76. The molecule has 0 saturated carbocycles. The number of benzene rings is 4. The molecule has 0 atom stereocenters. The number of nitrogens with zero attached hydrogens (tertiary/aromatic N) is 1. The van der Waals surface area contributed by atoms with Crippen molar-refractivity contribution >= 4 is 34.0 Å². The smallest absolute Gasteiger partial charge is 0.131 e. The van der Waals surface area contributed by atoms with Gasteiger partial charge >= 0.3 is 0 Å². The third-order valence-electron chi connectivity index (χ3n) is 4.81. The SMILES string of the molecule is N#C/C(=C/c1c(OCc2ccc(Cl)cc2)ccc2ccccc12)c1ccccc1F. The van der Waals surface area contributed by atoms with Gasteiger partial charge in [0, 0.05) is 16.1 Å². The van der Waals surface area contributed by atoms with Crippen LogP contribution in [-0.4, -0.2) is 0 Å². The van der Waals surface area contributed by atoms with Crippen molar-refractivity contribution in [3.63, 3.8) is 0 Å². The summed E-state index contributed by atoms with van der Waals surface area (Å²) in [4.78, 5) is 0. The van der Waals surface area contributed by atoms with Crippen LogP contribution < -0.4 is 4.74 Å². The lowest BCUT2D eigenvalue weighted by atomic mass is 9.98. The van der Waals surface area contributed by atoms with Gasteiger partial charge in [-0.15, -0.1) is 0 Å². The first-order valence-electron chi connectivity index (χ1n) is 9.41. The highest BCUT2D eigenvalue weighted by Gasteiger charge is 2.12. The second kappa shape index (κ2) is 8.82. The maximum Gasteiger partial charge on any atom is 0.131 e. The zero-order valence-electron chi connectivity index (χ0n) is 16.0. The Morgan fingerprint density at radius 2 is 1.67 bits per heavy atom. The van der Waals surface area contributed by atoms with E-state index in [1.807, 2.05) is 60.7 Å². The Morgan fingerprint density at radius 3 is 2.43 bits per heavy atom. The van der Waals surface area contributed by atoms with Crippen molar-refractivity contribution in [1.29, 1.82) is 5.26 Å². The van der Waals surface area contributed by atoms with Crippen molar-refractivity contribution in [2.75, 3.05) is 0 Å². The second-order valence-corrected chi connectivity index (χ2v) is 7.20. The van der Waals surface area contributed by atoms with Gasteiger partial charge < -0.3 is 4.74 Å². The summed E-state index contributed by atoms with van der Waals surface area (Å²) in [5, 5.41) is 12.3. The first kappa shape index (κ1) is 19.7. The Hall–Kier alpha value is -3.61. The molecule has 0 amide bonds. The minimum Gasteiger partial charge on any atom is -0.488 e. The van der Waals surface area contributed by atoms with Crippen molar-refractivity contribution < 1.29 is 9.13 Å². The van der Waals surface area contributed by atoms with Crippen LogP contribution in [0.5, 0.6) is 5.75 Å². The molecule has 0 saturated heterocycles. The van der Waals surface area contributed by atoms with Crippen molar-refractivity contribution in [2.24, 2.45) is 0 Å². The number of halogens is 2. The molecule has 2 nitrogen and oxygen atoms in total. The Morgan fingerprint density at radius 1 is 0.933 bits per heavy atom. The maximum atomic E-state index is 14.3. The molecule has 0 unspecified atom stereocenters. The van der Waals surface area contributed by atoms with E-state index < -0.39 is 5.82 Å². The van der Waals surface area contributed by atoms with E-state index in [-0.39, 0.29) is 11.1 Å². The van der Waals surface area contributed by atoms with Gasteiger partial charge in [-0.3, -0.25) is 0 Å². The molecule has 4 heteroatoms. The molecule has 0 aliphatic rings. The van der Waals surface area contributed by atoms with Crippen LogP contribution in [0.15, 0.2) is 84.9 Å². The lowest BCUT2D eigenvalue weighted by Crippen LogP contribution is -1.98. The fraction of sp³-hybridized carbons (Fsp3) is 0.0385. The molecular weight excluding hydrogens is 397 g/mol. The quantitative estimate of drug-likeness (QED) is 0.254. The van der Waals surface area contributed by atoms with Gasteiger partial charge in [-0.2, -0.15) is 5.26 Å². The zero-order valence-corrected chi connectivity index (χ0v) is 16.7. The highest BCUT2D eigenvalue weighted by Crippen LogP contribution is 2.33. The summed E-state index contributed by atoms with van der Waals surface area (Å²) in [7, 11) is 0. The molecule has 0 fully saturated rings. The monoisotopic (exact) mass is 413 g/mol. The van der Waals surface area contributed by atoms with Gasteiger partial charge in [0.1, 0.15) is 18.2 Å². The topological polar surface area (TPSA) is 33.0 Å². The number of hydrogen-bond donors (Lipinski definition) is 0.